The fourth-order valence-corrected chi connectivity index (χ4v) is 3.50. The number of para-hydroxylation sites is 2. The second kappa shape index (κ2) is 6.55. The predicted octanol–water partition coefficient (Wildman–Crippen LogP) is 2.74. The van der Waals surface area contributed by atoms with Gasteiger partial charge in [-0.25, -0.2) is 4.79 Å². The molecule has 0 spiro atoms. The highest BCUT2D eigenvalue weighted by Crippen LogP contribution is 2.30. The third-order valence-corrected chi connectivity index (χ3v) is 4.72. The minimum atomic E-state index is -0.499. The third-order valence-electron chi connectivity index (χ3n) is 4.72. The van der Waals surface area contributed by atoms with E-state index in [-0.39, 0.29) is 18.5 Å². The van der Waals surface area contributed by atoms with Crippen molar-refractivity contribution in [3.8, 4) is 0 Å². The first-order valence-corrected chi connectivity index (χ1v) is 8.53. The van der Waals surface area contributed by atoms with Gasteiger partial charge in [-0.3, -0.25) is 14.3 Å². The number of piperidine rings is 1. The number of benzene rings is 1. The van der Waals surface area contributed by atoms with E-state index in [9.17, 15) is 9.59 Å². The first-order valence-electron chi connectivity index (χ1n) is 8.53. The molecule has 1 aromatic carbocycles. The lowest BCUT2D eigenvalue weighted by Gasteiger charge is -2.35. The molecule has 4 rings (SSSR count). The second-order valence-electron chi connectivity index (χ2n) is 6.28. The Balaban J connectivity index is 1.62. The van der Waals surface area contributed by atoms with Crippen molar-refractivity contribution in [2.45, 2.75) is 31.8 Å². The summed E-state index contributed by atoms with van der Waals surface area (Å²) >= 11 is 0. The second-order valence-corrected chi connectivity index (χ2v) is 6.28. The van der Waals surface area contributed by atoms with Gasteiger partial charge in [0.2, 0.25) is 5.91 Å². The number of likely N-dealkylation sites (tertiary alicyclic amines) is 1. The van der Waals surface area contributed by atoms with Crippen LogP contribution in [0.4, 0.5) is 0 Å². The molecule has 1 fully saturated rings. The highest BCUT2D eigenvalue weighted by atomic mass is 16.4. The quantitative estimate of drug-likeness (QED) is 0.737. The number of pyridine rings is 1. The number of carbonyl (C=O) groups excluding carboxylic acids is 1. The van der Waals surface area contributed by atoms with E-state index in [1.165, 1.54) is 4.57 Å². The molecule has 6 heteroatoms. The summed E-state index contributed by atoms with van der Waals surface area (Å²) in [6, 6.07) is 12.9. The van der Waals surface area contributed by atoms with Crippen LogP contribution < -0.4 is 5.76 Å². The third kappa shape index (κ3) is 2.95. The molecule has 0 saturated carbocycles. The summed E-state index contributed by atoms with van der Waals surface area (Å²) < 4.78 is 6.63. The van der Waals surface area contributed by atoms with Gasteiger partial charge in [0.25, 0.3) is 0 Å². The number of hydrogen-bond donors (Lipinski definition) is 0. The predicted molar refractivity (Wildman–Crippen MR) is 93.0 cm³/mol. The van der Waals surface area contributed by atoms with Crippen molar-refractivity contribution in [3.63, 3.8) is 0 Å². The monoisotopic (exact) mass is 337 g/mol. The fraction of sp³-hybridized carbons (Fsp3) is 0.316. The zero-order chi connectivity index (χ0) is 17.2. The van der Waals surface area contributed by atoms with Gasteiger partial charge in [0, 0.05) is 12.7 Å². The van der Waals surface area contributed by atoms with E-state index in [4.69, 9.17) is 4.42 Å². The zero-order valence-corrected chi connectivity index (χ0v) is 13.8. The molecule has 25 heavy (non-hydrogen) atoms. The van der Waals surface area contributed by atoms with Crippen molar-refractivity contribution in [2.75, 3.05) is 6.54 Å². The maximum absolute atomic E-state index is 12.9. The van der Waals surface area contributed by atoms with Gasteiger partial charge in [-0.2, -0.15) is 0 Å². The smallest absolute Gasteiger partial charge is 0.408 e. The van der Waals surface area contributed by atoms with Crippen LogP contribution in [0, 0.1) is 0 Å². The maximum Gasteiger partial charge on any atom is 0.420 e. The SMILES string of the molecule is O=C(Cn1c(=O)oc2ccccc21)N1CCCCC1c1ccccn1. The lowest BCUT2D eigenvalue weighted by Crippen LogP contribution is -2.41. The van der Waals surface area contributed by atoms with Crippen LogP contribution in [0.25, 0.3) is 11.1 Å². The Morgan fingerprint density at radius 1 is 1.16 bits per heavy atom. The van der Waals surface area contributed by atoms with Crippen molar-refractivity contribution < 1.29 is 9.21 Å². The standard InChI is InChI=1S/C19H19N3O3/c23-18(13-22-16-9-1-2-10-17(16)25-19(22)24)21-12-6-4-8-15(21)14-7-3-5-11-20-14/h1-3,5,7,9-11,15H,4,6,8,12-13H2. The van der Waals surface area contributed by atoms with Crippen molar-refractivity contribution >= 4 is 17.0 Å². The van der Waals surface area contributed by atoms with Crippen molar-refractivity contribution in [3.05, 3.63) is 64.9 Å². The van der Waals surface area contributed by atoms with Gasteiger partial charge in [0.05, 0.1) is 17.3 Å². The van der Waals surface area contributed by atoms with E-state index in [2.05, 4.69) is 4.98 Å². The average Bonchev–Trinajstić information content (AvgIpc) is 2.98. The first kappa shape index (κ1) is 15.6. The van der Waals surface area contributed by atoms with Crippen LogP contribution >= 0.6 is 0 Å². The van der Waals surface area contributed by atoms with E-state index in [0.29, 0.717) is 17.6 Å². The van der Waals surface area contributed by atoms with E-state index >= 15 is 0 Å². The van der Waals surface area contributed by atoms with E-state index in [1.807, 2.05) is 29.2 Å². The van der Waals surface area contributed by atoms with Gasteiger partial charge >= 0.3 is 5.76 Å². The molecular formula is C19H19N3O3. The highest BCUT2D eigenvalue weighted by Gasteiger charge is 2.29. The average molecular weight is 337 g/mol. The molecule has 1 aliphatic rings. The highest BCUT2D eigenvalue weighted by molar-refractivity contribution is 5.80. The maximum atomic E-state index is 12.9. The number of hydrogen-bond acceptors (Lipinski definition) is 4. The van der Waals surface area contributed by atoms with E-state index < -0.39 is 5.76 Å². The molecule has 1 unspecified atom stereocenters. The molecule has 0 radical (unpaired) electrons. The van der Waals surface area contributed by atoms with Gasteiger partial charge in [0.1, 0.15) is 6.54 Å². The molecule has 3 heterocycles. The molecule has 0 aliphatic carbocycles. The number of fused-ring (bicyclic) bond motifs is 1. The number of amides is 1. The van der Waals surface area contributed by atoms with Crippen molar-refractivity contribution in [1.29, 1.82) is 0 Å². The molecule has 1 amide bonds. The molecule has 1 saturated heterocycles. The van der Waals surface area contributed by atoms with Gasteiger partial charge in [-0.05, 0) is 43.5 Å². The van der Waals surface area contributed by atoms with Crippen LogP contribution in [-0.2, 0) is 11.3 Å². The first-order chi connectivity index (χ1) is 12.2. The summed E-state index contributed by atoms with van der Waals surface area (Å²) in [6.07, 6.45) is 4.68. The summed E-state index contributed by atoms with van der Waals surface area (Å²) in [7, 11) is 0. The Morgan fingerprint density at radius 2 is 2.00 bits per heavy atom. The largest absolute Gasteiger partial charge is 0.420 e. The topological polar surface area (TPSA) is 68.3 Å². The van der Waals surface area contributed by atoms with E-state index in [1.54, 1.807) is 24.4 Å². The van der Waals surface area contributed by atoms with Crippen LogP contribution in [-0.4, -0.2) is 26.9 Å². The normalized spacial score (nSPS) is 17.8. The van der Waals surface area contributed by atoms with Crippen LogP contribution in [0.15, 0.2) is 57.9 Å². The Labute approximate surface area is 144 Å². The molecule has 6 nitrogen and oxygen atoms in total. The minimum absolute atomic E-state index is 0.0147. The molecule has 128 valence electrons. The number of nitrogens with zero attached hydrogens (tertiary/aromatic N) is 3. The number of rotatable bonds is 3. The summed E-state index contributed by atoms with van der Waals surface area (Å²) in [4.78, 5) is 31.3. The van der Waals surface area contributed by atoms with Crippen LogP contribution in [0.2, 0.25) is 0 Å². The molecule has 1 atom stereocenters. The Hall–Kier alpha value is -2.89. The van der Waals surface area contributed by atoms with Crippen molar-refractivity contribution in [2.24, 2.45) is 0 Å². The van der Waals surface area contributed by atoms with Crippen LogP contribution in [0.1, 0.15) is 31.0 Å². The van der Waals surface area contributed by atoms with Crippen LogP contribution in [0.3, 0.4) is 0 Å². The lowest BCUT2D eigenvalue weighted by atomic mass is 9.98. The summed E-state index contributed by atoms with van der Waals surface area (Å²) in [5.74, 6) is -0.579. The molecule has 1 aliphatic heterocycles. The molecular weight excluding hydrogens is 318 g/mol. The fourth-order valence-electron chi connectivity index (χ4n) is 3.50. The Kier molecular flexibility index (Phi) is 4.09. The van der Waals surface area contributed by atoms with Gasteiger partial charge in [-0.1, -0.05) is 18.2 Å². The number of oxazole rings is 1. The molecule has 0 N–H and O–H groups in total. The summed E-state index contributed by atoms with van der Waals surface area (Å²) in [6.45, 7) is 0.670. The Bertz CT molecular complexity index is 945. The van der Waals surface area contributed by atoms with Gasteiger partial charge < -0.3 is 9.32 Å². The number of aromatic nitrogens is 2. The molecule has 3 aromatic rings. The lowest BCUT2D eigenvalue weighted by molar-refractivity contribution is -0.135. The molecule has 2 aromatic heterocycles. The number of carbonyl (C=O) groups is 1. The van der Waals surface area contributed by atoms with Crippen LogP contribution in [0.5, 0.6) is 0 Å². The molecule has 0 bridgehead atoms. The minimum Gasteiger partial charge on any atom is -0.408 e. The summed E-state index contributed by atoms with van der Waals surface area (Å²) in [5, 5.41) is 0. The van der Waals surface area contributed by atoms with E-state index in [0.717, 1.165) is 25.0 Å². The summed E-state index contributed by atoms with van der Waals surface area (Å²) in [5.41, 5.74) is 2.05. The zero-order valence-electron chi connectivity index (χ0n) is 13.8. The van der Waals surface area contributed by atoms with Crippen molar-refractivity contribution in [1.82, 2.24) is 14.5 Å². The Morgan fingerprint density at radius 3 is 2.84 bits per heavy atom. The van der Waals surface area contributed by atoms with Gasteiger partial charge in [-0.15, -0.1) is 0 Å². The van der Waals surface area contributed by atoms with Gasteiger partial charge in [0.15, 0.2) is 5.58 Å².